The van der Waals surface area contributed by atoms with Gasteiger partial charge in [-0.25, -0.2) is 14.2 Å². The second kappa shape index (κ2) is 11.5. The van der Waals surface area contributed by atoms with Crippen LogP contribution >= 0.6 is 19.5 Å². The highest BCUT2D eigenvalue weighted by Gasteiger charge is 2.54. The van der Waals surface area contributed by atoms with E-state index in [1.165, 1.54) is 36.3 Å². The Morgan fingerprint density at radius 3 is 2.74 bits per heavy atom. The lowest BCUT2D eigenvalue weighted by Gasteiger charge is -2.33. The molecule has 6 N–H and O–H groups in total. The summed E-state index contributed by atoms with van der Waals surface area (Å²) in [6.07, 6.45) is -2.67. The van der Waals surface area contributed by atoms with Crippen LogP contribution in [-0.4, -0.2) is 113 Å². The van der Waals surface area contributed by atoms with Gasteiger partial charge in [-0.2, -0.15) is 4.98 Å². The molecule has 2 fully saturated rings. The van der Waals surface area contributed by atoms with Gasteiger partial charge in [-0.05, 0) is 20.8 Å². The molecule has 218 valence electrons. The number of aliphatic hydroxyl groups is 3. The minimum absolute atomic E-state index is 0.0377. The second-order valence-electron chi connectivity index (χ2n) is 9.83. The van der Waals surface area contributed by atoms with Crippen molar-refractivity contribution in [2.75, 3.05) is 51.0 Å². The molecular formula is C21H33N6O10PS. The molecule has 0 saturated carbocycles. The Labute approximate surface area is 227 Å². The molecule has 0 bridgehead atoms. The summed E-state index contributed by atoms with van der Waals surface area (Å²) in [4.78, 5) is 34.5. The van der Waals surface area contributed by atoms with Crippen LogP contribution in [0.4, 0.5) is 5.95 Å². The van der Waals surface area contributed by atoms with E-state index in [0.717, 1.165) is 11.8 Å². The van der Waals surface area contributed by atoms with Crippen LogP contribution in [0.15, 0.2) is 11.1 Å². The lowest BCUT2D eigenvalue weighted by molar-refractivity contribution is -0.124. The normalized spacial score (nSPS) is 28.1. The first-order valence-electron chi connectivity index (χ1n) is 12.1. The third-order valence-electron chi connectivity index (χ3n) is 6.26. The summed E-state index contributed by atoms with van der Waals surface area (Å²) >= 11 is 0.836. The quantitative estimate of drug-likeness (QED) is 0.168. The highest BCUT2D eigenvalue weighted by molar-refractivity contribution is 8.13. The van der Waals surface area contributed by atoms with E-state index in [4.69, 9.17) is 24.3 Å². The Hall–Kier alpha value is -1.92. The molecule has 2 saturated heterocycles. The van der Waals surface area contributed by atoms with E-state index in [1.807, 2.05) is 0 Å². The number of nitrogens with zero attached hydrogens (tertiary/aromatic N) is 4. The van der Waals surface area contributed by atoms with Gasteiger partial charge in [0.25, 0.3) is 5.56 Å². The van der Waals surface area contributed by atoms with Crippen LogP contribution in [0.3, 0.4) is 0 Å². The number of fused-ring (bicyclic) bond motifs is 1. The molecule has 2 aliphatic heterocycles. The molecule has 2 aliphatic rings. The molecule has 0 aromatic carbocycles. The molecule has 4 rings (SSSR count). The number of carbonyl (C=O) groups is 1. The predicted molar refractivity (Wildman–Crippen MR) is 139 cm³/mol. The third-order valence-corrected chi connectivity index (χ3v) is 9.47. The van der Waals surface area contributed by atoms with Gasteiger partial charge in [-0.3, -0.25) is 28.2 Å². The predicted octanol–water partition coefficient (Wildman–Crippen LogP) is -0.785. The van der Waals surface area contributed by atoms with Gasteiger partial charge in [-0.1, -0.05) is 11.8 Å². The fraction of sp³-hybridized carbons (Fsp3) is 0.714. The summed E-state index contributed by atoms with van der Waals surface area (Å²) in [7, 11) is -3.95. The molecule has 2 aromatic heterocycles. The number of ether oxygens (including phenoxy) is 2. The minimum atomic E-state index is -3.95. The van der Waals surface area contributed by atoms with Crippen molar-refractivity contribution in [3.05, 3.63) is 16.7 Å². The number of nitrogen functional groups attached to an aromatic ring is 1. The molecule has 2 aromatic rings. The monoisotopic (exact) mass is 592 g/mol. The highest BCUT2D eigenvalue weighted by Crippen LogP contribution is 2.53. The summed E-state index contributed by atoms with van der Waals surface area (Å²) < 4.78 is 39.2. The number of carbonyl (C=O) groups excluding carboxylic acids is 1. The largest absolute Gasteiger partial charge is 0.408 e. The fourth-order valence-electron chi connectivity index (χ4n) is 4.12. The molecule has 4 heterocycles. The molecule has 0 radical (unpaired) electrons. The maximum absolute atomic E-state index is 13.8. The van der Waals surface area contributed by atoms with Crippen molar-refractivity contribution in [2.24, 2.45) is 0 Å². The van der Waals surface area contributed by atoms with E-state index >= 15 is 0 Å². The fourth-order valence-corrected chi connectivity index (χ4v) is 6.66. The molecule has 39 heavy (non-hydrogen) atoms. The number of hydrogen-bond donors (Lipinski definition) is 5. The van der Waals surface area contributed by atoms with Crippen molar-refractivity contribution < 1.29 is 43.2 Å². The van der Waals surface area contributed by atoms with Crippen molar-refractivity contribution in [2.45, 2.75) is 50.4 Å². The zero-order chi connectivity index (χ0) is 28.6. The number of aromatic nitrogens is 4. The number of morpholine rings is 1. The molecule has 0 aliphatic carbocycles. The Morgan fingerprint density at radius 2 is 2.08 bits per heavy atom. The molecule has 16 nitrogen and oxygen atoms in total. The zero-order valence-corrected chi connectivity index (χ0v) is 23.4. The number of anilines is 1. The van der Waals surface area contributed by atoms with Crippen LogP contribution in [-0.2, 0) is 27.9 Å². The number of aromatic amines is 1. The van der Waals surface area contributed by atoms with E-state index in [9.17, 15) is 29.5 Å². The van der Waals surface area contributed by atoms with Gasteiger partial charge in [0.05, 0.1) is 32.8 Å². The van der Waals surface area contributed by atoms with E-state index in [0.29, 0.717) is 13.2 Å². The Morgan fingerprint density at radius 1 is 1.38 bits per heavy atom. The van der Waals surface area contributed by atoms with Crippen molar-refractivity contribution in [1.29, 1.82) is 0 Å². The Bertz CT molecular complexity index is 1290. The molecule has 5 atom stereocenters. The first-order valence-corrected chi connectivity index (χ1v) is 14.6. The number of hydrogen-bond acceptors (Lipinski definition) is 14. The maximum Gasteiger partial charge on any atom is 0.408 e. The van der Waals surface area contributed by atoms with E-state index in [1.54, 1.807) is 0 Å². The molecule has 0 amide bonds. The molecule has 18 heteroatoms. The standard InChI is InChI=1S/C21H33N6O10PS/c1-20(2,31)18(30)39-9-8-35-38(33,26-4-6-34-7-5-26)36-10-12-14(28)21(3,32)17(37-12)27-11-23-13-15(27)24-19(22)25-16(13)29/h11-12,14,17,28,31-32H,4-10H2,1-3H3,(H3,22,24,25,29). The summed E-state index contributed by atoms with van der Waals surface area (Å²) in [6.45, 7) is 4.62. The van der Waals surface area contributed by atoms with Gasteiger partial charge in [-0.15, -0.1) is 0 Å². The number of thioether (sulfide) groups is 1. The van der Waals surface area contributed by atoms with Crippen LogP contribution in [0.2, 0.25) is 0 Å². The Kier molecular flexibility index (Phi) is 8.88. The van der Waals surface area contributed by atoms with Crippen molar-refractivity contribution in [1.82, 2.24) is 24.2 Å². The average Bonchev–Trinajstić information content (AvgIpc) is 3.38. The van der Waals surface area contributed by atoms with Crippen LogP contribution in [0.5, 0.6) is 0 Å². The van der Waals surface area contributed by atoms with E-state index in [-0.39, 0.29) is 42.6 Å². The minimum Gasteiger partial charge on any atom is -0.387 e. The number of rotatable bonds is 10. The van der Waals surface area contributed by atoms with Gasteiger partial charge in [0.2, 0.25) is 11.1 Å². The van der Waals surface area contributed by atoms with Gasteiger partial charge in [0.1, 0.15) is 23.4 Å². The van der Waals surface area contributed by atoms with Gasteiger partial charge in [0.15, 0.2) is 17.4 Å². The maximum atomic E-state index is 13.8. The number of nitrogens with two attached hydrogens (primary N) is 1. The SMILES string of the molecule is CC(C)(O)C(=O)SCCOP(=O)(OCC1OC(n2cnc3c(=O)[nH]c(N)nc32)C(C)(O)C1O)N1CCOCC1. The number of aliphatic hydroxyl groups excluding tert-OH is 1. The van der Waals surface area contributed by atoms with Gasteiger partial charge >= 0.3 is 7.75 Å². The van der Waals surface area contributed by atoms with E-state index in [2.05, 4.69) is 15.0 Å². The van der Waals surface area contributed by atoms with Crippen LogP contribution in [0.25, 0.3) is 11.2 Å². The van der Waals surface area contributed by atoms with Crippen molar-refractivity contribution >= 4 is 41.7 Å². The smallest absolute Gasteiger partial charge is 0.387 e. The van der Waals surface area contributed by atoms with Crippen LogP contribution in [0.1, 0.15) is 27.0 Å². The lowest BCUT2D eigenvalue weighted by atomic mass is 9.96. The van der Waals surface area contributed by atoms with Crippen molar-refractivity contribution in [3.63, 3.8) is 0 Å². The third kappa shape index (κ3) is 6.37. The van der Waals surface area contributed by atoms with Gasteiger partial charge in [0, 0.05) is 18.8 Å². The number of imidazole rings is 1. The Balaban J connectivity index is 1.47. The summed E-state index contributed by atoms with van der Waals surface area (Å²) in [5, 5.41) is 31.4. The zero-order valence-electron chi connectivity index (χ0n) is 21.7. The molecule has 5 unspecified atom stereocenters. The summed E-state index contributed by atoms with van der Waals surface area (Å²) in [5.41, 5.74) is 1.66. The first-order chi connectivity index (χ1) is 18.2. The van der Waals surface area contributed by atoms with Crippen LogP contribution < -0.4 is 11.3 Å². The van der Waals surface area contributed by atoms with Crippen molar-refractivity contribution in [3.8, 4) is 0 Å². The van der Waals surface area contributed by atoms with E-state index < -0.39 is 54.7 Å². The first kappa shape index (κ1) is 30.0. The molecular weight excluding hydrogens is 559 g/mol. The summed E-state index contributed by atoms with van der Waals surface area (Å²) in [5.74, 6) is -0.0543. The lowest BCUT2D eigenvalue weighted by Crippen LogP contribution is -2.44. The second-order valence-corrected chi connectivity index (χ2v) is 12.9. The highest BCUT2D eigenvalue weighted by atomic mass is 32.2. The number of nitrogens with one attached hydrogen (secondary N) is 1. The summed E-state index contributed by atoms with van der Waals surface area (Å²) in [6, 6.07) is 0. The topological polar surface area (TPSA) is 225 Å². The average molecular weight is 593 g/mol. The molecule has 0 spiro atoms. The number of H-pyrrole nitrogens is 1. The van der Waals surface area contributed by atoms with Gasteiger partial charge < -0.3 is 30.5 Å². The van der Waals surface area contributed by atoms with Crippen LogP contribution in [0, 0.1) is 0 Å².